The molecule has 0 fully saturated rings. The van der Waals surface area contributed by atoms with Gasteiger partial charge in [0.2, 0.25) is 0 Å². The van der Waals surface area contributed by atoms with Crippen LogP contribution in [0.3, 0.4) is 0 Å². The van der Waals surface area contributed by atoms with Crippen molar-refractivity contribution in [3.63, 3.8) is 0 Å². The number of aliphatic hydroxyl groups excluding tert-OH is 1. The second-order valence-electron chi connectivity index (χ2n) is 5.08. The molecule has 0 aliphatic rings. The molecule has 0 radical (unpaired) electrons. The van der Waals surface area contributed by atoms with Gasteiger partial charge >= 0.3 is 6.03 Å². The zero-order valence-corrected chi connectivity index (χ0v) is 12.0. The molecule has 4 heteroatoms. The zero-order valence-electron chi connectivity index (χ0n) is 12.0. The lowest BCUT2D eigenvalue weighted by Crippen LogP contribution is -2.42. The molecule has 0 heterocycles. The summed E-state index contributed by atoms with van der Waals surface area (Å²) >= 11 is 0. The molecule has 3 N–H and O–H groups in total. The van der Waals surface area contributed by atoms with Crippen LogP contribution in [-0.4, -0.2) is 30.3 Å². The van der Waals surface area contributed by atoms with E-state index in [1.54, 1.807) is 0 Å². The molecular weight excluding hydrogens is 240 g/mol. The van der Waals surface area contributed by atoms with E-state index < -0.39 is 0 Å². The van der Waals surface area contributed by atoms with Crippen molar-refractivity contribution in [2.45, 2.75) is 39.7 Å². The average molecular weight is 264 g/mol. The van der Waals surface area contributed by atoms with E-state index in [9.17, 15) is 4.79 Å². The molecule has 0 bridgehead atoms. The molecule has 2 amide bonds. The molecule has 0 unspecified atom stereocenters. The summed E-state index contributed by atoms with van der Waals surface area (Å²) in [6, 6.07) is 6.34. The minimum absolute atomic E-state index is 0.0790. The second-order valence-corrected chi connectivity index (χ2v) is 5.08. The van der Waals surface area contributed by atoms with Crippen molar-refractivity contribution in [3.8, 4) is 0 Å². The molecular formula is C15H24N2O2. The number of nitrogens with one attached hydrogen (secondary N) is 2. The fourth-order valence-electron chi connectivity index (χ4n) is 2.15. The molecule has 106 valence electrons. The minimum atomic E-state index is -0.176. The van der Waals surface area contributed by atoms with E-state index in [-0.39, 0.29) is 18.7 Å². The van der Waals surface area contributed by atoms with Crippen LogP contribution in [0.25, 0.3) is 0 Å². The van der Waals surface area contributed by atoms with Gasteiger partial charge in [0.15, 0.2) is 0 Å². The maximum absolute atomic E-state index is 11.5. The van der Waals surface area contributed by atoms with Gasteiger partial charge in [0.1, 0.15) is 0 Å². The van der Waals surface area contributed by atoms with Crippen LogP contribution in [0.15, 0.2) is 18.2 Å². The Morgan fingerprint density at radius 2 is 1.89 bits per heavy atom. The smallest absolute Gasteiger partial charge is 0.315 e. The van der Waals surface area contributed by atoms with Gasteiger partial charge in [-0.05, 0) is 39.2 Å². The van der Waals surface area contributed by atoms with E-state index in [4.69, 9.17) is 5.11 Å². The van der Waals surface area contributed by atoms with Crippen molar-refractivity contribution in [1.29, 1.82) is 0 Å². The number of hydrogen-bond donors (Lipinski definition) is 3. The Morgan fingerprint density at radius 3 is 2.47 bits per heavy atom. The molecule has 0 saturated carbocycles. The highest BCUT2D eigenvalue weighted by Gasteiger charge is 2.08. The highest BCUT2D eigenvalue weighted by Crippen LogP contribution is 2.10. The van der Waals surface area contributed by atoms with Crippen LogP contribution in [0.1, 0.15) is 30.0 Å². The molecule has 1 aromatic carbocycles. The average Bonchev–Trinajstić information content (AvgIpc) is 2.27. The first-order valence-corrected chi connectivity index (χ1v) is 6.73. The van der Waals surface area contributed by atoms with Gasteiger partial charge in [-0.1, -0.05) is 29.3 Å². The lowest BCUT2D eigenvalue weighted by molar-refractivity contribution is 0.235. The van der Waals surface area contributed by atoms with Crippen LogP contribution >= 0.6 is 0 Å². The normalized spacial score (nSPS) is 12.0. The van der Waals surface area contributed by atoms with Gasteiger partial charge in [-0.15, -0.1) is 0 Å². The summed E-state index contributed by atoms with van der Waals surface area (Å²) in [4.78, 5) is 11.5. The van der Waals surface area contributed by atoms with Crippen LogP contribution in [0.2, 0.25) is 0 Å². The van der Waals surface area contributed by atoms with Crippen molar-refractivity contribution in [2.24, 2.45) is 0 Å². The van der Waals surface area contributed by atoms with Gasteiger partial charge in [-0.3, -0.25) is 0 Å². The predicted octanol–water partition coefficient (Wildman–Crippen LogP) is 1.92. The van der Waals surface area contributed by atoms with Crippen molar-refractivity contribution < 1.29 is 9.90 Å². The Bertz CT molecular complexity index is 398. The van der Waals surface area contributed by atoms with Crippen molar-refractivity contribution in [1.82, 2.24) is 10.6 Å². The number of aliphatic hydroxyl groups is 1. The Hall–Kier alpha value is -1.55. The molecule has 0 saturated heterocycles. The Kier molecular flexibility index (Phi) is 6.36. The van der Waals surface area contributed by atoms with E-state index in [2.05, 4.69) is 42.7 Å². The first-order chi connectivity index (χ1) is 9.01. The number of aryl methyl sites for hydroxylation is 2. The number of rotatable bonds is 6. The number of amides is 2. The monoisotopic (exact) mass is 264 g/mol. The van der Waals surface area contributed by atoms with Crippen molar-refractivity contribution >= 4 is 6.03 Å². The summed E-state index contributed by atoms with van der Waals surface area (Å²) in [5.41, 5.74) is 3.73. The summed E-state index contributed by atoms with van der Waals surface area (Å²) in [5.74, 6) is 0. The molecule has 0 aliphatic heterocycles. The Balaban J connectivity index is 2.41. The van der Waals surface area contributed by atoms with E-state index in [1.165, 1.54) is 16.7 Å². The van der Waals surface area contributed by atoms with Crippen molar-refractivity contribution in [2.75, 3.05) is 13.2 Å². The van der Waals surface area contributed by atoms with Crippen LogP contribution in [-0.2, 0) is 6.42 Å². The molecule has 19 heavy (non-hydrogen) atoms. The van der Waals surface area contributed by atoms with Crippen LogP contribution < -0.4 is 10.6 Å². The highest BCUT2D eigenvalue weighted by atomic mass is 16.3. The first kappa shape index (κ1) is 15.5. The topological polar surface area (TPSA) is 61.4 Å². The summed E-state index contributed by atoms with van der Waals surface area (Å²) < 4.78 is 0. The van der Waals surface area contributed by atoms with Crippen LogP contribution in [0.5, 0.6) is 0 Å². The summed E-state index contributed by atoms with van der Waals surface area (Å²) in [5, 5.41) is 14.2. The number of benzene rings is 1. The Morgan fingerprint density at radius 1 is 1.26 bits per heavy atom. The lowest BCUT2D eigenvalue weighted by Gasteiger charge is -2.15. The fourth-order valence-corrected chi connectivity index (χ4v) is 2.15. The van der Waals surface area contributed by atoms with Gasteiger partial charge < -0.3 is 15.7 Å². The lowest BCUT2D eigenvalue weighted by atomic mass is 10.0. The third kappa shape index (κ3) is 6.25. The molecule has 1 aromatic rings. The number of carbonyl (C=O) groups is 1. The summed E-state index contributed by atoms with van der Waals surface area (Å²) in [6.07, 6.45) is 1.40. The third-order valence-corrected chi connectivity index (χ3v) is 2.82. The zero-order chi connectivity index (χ0) is 14.3. The fraction of sp³-hybridized carbons (Fsp3) is 0.533. The molecule has 4 nitrogen and oxygen atoms in total. The highest BCUT2D eigenvalue weighted by molar-refractivity contribution is 5.74. The van der Waals surface area contributed by atoms with Gasteiger partial charge in [-0.2, -0.15) is 0 Å². The Labute approximate surface area is 115 Å². The predicted molar refractivity (Wildman–Crippen MR) is 77.3 cm³/mol. The number of carbonyl (C=O) groups excluding carboxylic acids is 1. The quantitative estimate of drug-likeness (QED) is 0.687. The molecule has 0 spiro atoms. The van der Waals surface area contributed by atoms with Gasteiger partial charge in [-0.25, -0.2) is 4.79 Å². The van der Waals surface area contributed by atoms with Crippen LogP contribution in [0.4, 0.5) is 4.79 Å². The van der Waals surface area contributed by atoms with Crippen LogP contribution in [0, 0.1) is 13.8 Å². The third-order valence-electron chi connectivity index (χ3n) is 2.82. The van der Waals surface area contributed by atoms with Gasteiger partial charge in [0, 0.05) is 19.2 Å². The minimum Gasteiger partial charge on any atom is -0.396 e. The number of urea groups is 1. The summed E-state index contributed by atoms with van der Waals surface area (Å²) in [6.45, 7) is 6.74. The molecule has 0 aliphatic carbocycles. The molecule has 1 atom stereocenters. The number of hydrogen-bond acceptors (Lipinski definition) is 2. The molecule has 1 rings (SSSR count). The van der Waals surface area contributed by atoms with E-state index in [1.807, 2.05) is 6.92 Å². The van der Waals surface area contributed by atoms with Gasteiger partial charge in [0.05, 0.1) is 0 Å². The molecule has 0 aromatic heterocycles. The maximum atomic E-state index is 11.5. The van der Waals surface area contributed by atoms with E-state index in [0.717, 1.165) is 6.42 Å². The first-order valence-electron chi connectivity index (χ1n) is 6.73. The second kappa shape index (κ2) is 7.79. The van der Waals surface area contributed by atoms with E-state index in [0.29, 0.717) is 13.0 Å². The van der Waals surface area contributed by atoms with Gasteiger partial charge in [0.25, 0.3) is 0 Å². The largest absolute Gasteiger partial charge is 0.396 e. The maximum Gasteiger partial charge on any atom is 0.315 e. The van der Waals surface area contributed by atoms with E-state index >= 15 is 0 Å². The standard InChI is InChI=1S/C15H24N2O2/c1-11-7-12(2)9-14(8-11)10-13(3)17-15(19)16-5-4-6-18/h7-9,13,18H,4-6,10H2,1-3H3,(H2,16,17,19)/t13-/m1/s1. The van der Waals surface area contributed by atoms with Crippen molar-refractivity contribution in [3.05, 3.63) is 34.9 Å². The summed E-state index contributed by atoms with van der Waals surface area (Å²) in [7, 11) is 0. The SMILES string of the molecule is Cc1cc(C)cc(C[C@@H](C)NC(=O)NCCCO)c1.